The van der Waals surface area contributed by atoms with E-state index in [1.807, 2.05) is 4.90 Å². The van der Waals surface area contributed by atoms with Gasteiger partial charge in [-0.15, -0.1) is 0 Å². The van der Waals surface area contributed by atoms with Crippen LogP contribution in [0.4, 0.5) is 5.69 Å². The quantitative estimate of drug-likeness (QED) is 0.644. The van der Waals surface area contributed by atoms with E-state index in [2.05, 4.69) is 24.3 Å². The third kappa shape index (κ3) is 3.23. The lowest BCUT2D eigenvalue weighted by Gasteiger charge is -2.33. The van der Waals surface area contributed by atoms with Crippen molar-refractivity contribution >= 4 is 11.6 Å². The summed E-state index contributed by atoms with van der Waals surface area (Å²) < 4.78 is 0. The molecular weight excluding hydrogens is 240 g/mol. The van der Waals surface area contributed by atoms with Crippen molar-refractivity contribution < 1.29 is 4.79 Å². The van der Waals surface area contributed by atoms with Gasteiger partial charge in [0.2, 0.25) is 0 Å². The van der Waals surface area contributed by atoms with Crippen molar-refractivity contribution in [1.82, 2.24) is 9.88 Å². The molecule has 5 heteroatoms. The molecule has 1 fully saturated rings. The van der Waals surface area contributed by atoms with Gasteiger partial charge in [0.05, 0.1) is 5.69 Å². The van der Waals surface area contributed by atoms with Crippen molar-refractivity contribution in [2.24, 2.45) is 17.7 Å². The minimum absolute atomic E-state index is 0.000642. The predicted molar refractivity (Wildman–Crippen MR) is 75.5 cm³/mol. The number of nitrogens with zero attached hydrogens (tertiary/aromatic N) is 2. The molecule has 3 N–H and O–H groups in total. The SMILES string of the molecule is CC(C)C1CCN(C(=O)c2cc(NN)ccn2)CC1. The van der Waals surface area contributed by atoms with Crippen molar-refractivity contribution in [2.45, 2.75) is 26.7 Å². The van der Waals surface area contributed by atoms with Crippen LogP contribution in [0.15, 0.2) is 18.3 Å². The first kappa shape index (κ1) is 13.8. The molecule has 1 saturated heterocycles. The first-order valence-corrected chi connectivity index (χ1v) is 6.83. The summed E-state index contributed by atoms with van der Waals surface area (Å²) in [5, 5.41) is 0. The number of anilines is 1. The number of hydrogen-bond donors (Lipinski definition) is 2. The summed E-state index contributed by atoms with van der Waals surface area (Å²) in [5.74, 6) is 6.77. The van der Waals surface area contributed by atoms with E-state index in [4.69, 9.17) is 5.84 Å². The molecule has 2 heterocycles. The predicted octanol–water partition coefficient (Wildman–Crippen LogP) is 1.88. The van der Waals surface area contributed by atoms with Crippen LogP contribution < -0.4 is 11.3 Å². The number of hydrogen-bond acceptors (Lipinski definition) is 4. The van der Waals surface area contributed by atoms with Crippen LogP contribution in [0, 0.1) is 11.8 Å². The lowest BCUT2D eigenvalue weighted by atomic mass is 9.86. The Morgan fingerprint density at radius 3 is 2.74 bits per heavy atom. The molecule has 0 unspecified atom stereocenters. The summed E-state index contributed by atoms with van der Waals surface area (Å²) in [5.41, 5.74) is 3.70. The van der Waals surface area contributed by atoms with Crippen molar-refractivity contribution in [3.63, 3.8) is 0 Å². The van der Waals surface area contributed by atoms with Gasteiger partial charge in [0.25, 0.3) is 5.91 Å². The first-order valence-electron chi connectivity index (χ1n) is 6.83. The zero-order valence-corrected chi connectivity index (χ0v) is 11.6. The number of piperidine rings is 1. The van der Waals surface area contributed by atoms with Gasteiger partial charge in [-0.1, -0.05) is 13.8 Å². The second-order valence-corrected chi connectivity index (χ2v) is 5.45. The highest BCUT2D eigenvalue weighted by atomic mass is 16.2. The second kappa shape index (κ2) is 6.02. The standard InChI is InChI=1S/C14H22N4O/c1-10(2)11-4-7-18(8-5-11)14(19)13-9-12(17-15)3-6-16-13/h3,6,9-11H,4-5,7-8,15H2,1-2H3,(H,16,17). The Bertz CT molecular complexity index is 439. The van der Waals surface area contributed by atoms with E-state index in [-0.39, 0.29) is 5.91 Å². The Morgan fingerprint density at radius 1 is 1.47 bits per heavy atom. The summed E-state index contributed by atoms with van der Waals surface area (Å²) >= 11 is 0. The van der Waals surface area contributed by atoms with Gasteiger partial charge in [-0.3, -0.25) is 15.6 Å². The maximum atomic E-state index is 12.3. The number of carbonyl (C=O) groups is 1. The number of amides is 1. The van der Waals surface area contributed by atoms with Crippen LogP contribution >= 0.6 is 0 Å². The molecule has 1 aliphatic heterocycles. The average molecular weight is 262 g/mol. The summed E-state index contributed by atoms with van der Waals surface area (Å²) in [6.45, 7) is 6.15. The second-order valence-electron chi connectivity index (χ2n) is 5.45. The average Bonchev–Trinajstić information content (AvgIpc) is 2.46. The molecule has 0 radical (unpaired) electrons. The topological polar surface area (TPSA) is 71.2 Å². The molecule has 0 aromatic carbocycles. The fourth-order valence-electron chi connectivity index (χ4n) is 2.57. The Kier molecular flexibility index (Phi) is 4.37. The van der Waals surface area contributed by atoms with E-state index in [0.717, 1.165) is 31.8 Å². The molecule has 1 amide bonds. The van der Waals surface area contributed by atoms with Crippen LogP contribution in [0.3, 0.4) is 0 Å². The molecule has 0 atom stereocenters. The minimum Gasteiger partial charge on any atom is -0.337 e. The molecule has 0 bridgehead atoms. The van der Waals surface area contributed by atoms with E-state index < -0.39 is 0 Å². The van der Waals surface area contributed by atoms with Crippen molar-refractivity contribution in [1.29, 1.82) is 0 Å². The molecule has 2 rings (SSSR count). The Balaban J connectivity index is 2.01. The molecule has 5 nitrogen and oxygen atoms in total. The molecular formula is C14H22N4O. The summed E-state index contributed by atoms with van der Waals surface area (Å²) in [6.07, 6.45) is 3.76. The summed E-state index contributed by atoms with van der Waals surface area (Å²) in [7, 11) is 0. The Hall–Kier alpha value is -1.62. The van der Waals surface area contributed by atoms with Gasteiger partial charge in [-0.25, -0.2) is 0 Å². The fraction of sp³-hybridized carbons (Fsp3) is 0.571. The summed E-state index contributed by atoms with van der Waals surface area (Å²) in [6, 6.07) is 3.43. The van der Waals surface area contributed by atoms with E-state index in [1.54, 1.807) is 18.3 Å². The van der Waals surface area contributed by atoms with Crippen LogP contribution in [-0.2, 0) is 0 Å². The van der Waals surface area contributed by atoms with Crippen LogP contribution in [0.1, 0.15) is 37.2 Å². The molecule has 1 aromatic heterocycles. The molecule has 0 spiro atoms. The number of aromatic nitrogens is 1. The van der Waals surface area contributed by atoms with Gasteiger partial charge in [-0.05, 0) is 36.8 Å². The number of likely N-dealkylation sites (tertiary alicyclic amines) is 1. The highest BCUT2D eigenvalue weighted by molar-refractivity contribution is 5.93. The van der Waals surface area contributed by atoms with Crippen LogP contribution in [0.25, 0.3) is 0 Å². The lowest BCUT2D eigenvalue weighted by Crippen LogP contribution is -2.39. The molecule has 1 aromatic rings. The third-order valence-electron chi connectivity index (χ3n) is 3.92. The zero-order chi connectivity index (χ0) is 13.8. The van der Waals surface area contributed by atoms with Crippen LogP contribution in [-0.4, -0.2) is 28.9 Å². The van der Waals surface area contributed by atoms with Gasteiger partial charge < -0.3 is 10.3 Å². The van der Waals surface area contributed by atoms with Gasteiger partial charge >= 0.3 is 0 Å². The van der Waals surface area contributed by atoms with Crippen molar-refractivity contribution in [3.05, 3.63) is 24.0 Å². The van der Waals surface area contributed by atoms with Gasteiger partial charge in [0, 0.05) is 19.3 Å². The zero-order valence-electron chi connectivity index (χ0n) is 11.6. The maximum absolute atomic E-state index is 12.3. The minimum atomic E-state index is -0.000642. The first-order chi connectivity index (χ1) is 9.11. The van der Waals surface area contributed by atoms with Gasteiger partial charge in [-0.2, -0.15) is 0 Å². The Labute approximate surface area is 114 Å². The number of nitrogens with one attached hydrogen (secondary N) is 1. The van der Waals surface area contributed by atoms with Crippen molar-refractivity contribution in [3.8, 4) is 0 Å². The number of nitrogen functional groups attached to an aromatic ring is 1. The molecule has 0 aliphatic carbocycles. The van der Waals surface area contributed by atoms with Crippen molar-refractivity contribution in [2.75, 3.05) is 18.5 Å². The molecule has 19 heavy (non-hydrogen) atoms. The fourth-order valence-corrected chi connectivity index (χ4v) is 2.57. The number of carbonyl (C=O) groups excluding carboxylic acids is 1. The highest BCUT2D eigenvalue weighted by Crippen LogP contribution is 2.25. The third-order valence-corrected chi connectivity index (χ3v) is 3.92. The van der Waals surface area contributed by atoms with E-state index in [0.29, 0.717) is 17.3 Å². The Morgan fingerprint density at radius 2 is 2.16 bits per heavy atom. The van der Waals surface area contributed by atoms with E-state index >= 15 is 0 Å². The van der Waals surface area contributed by atoms with E-state index in [1.165, 1.54) is 0 Å². The normalized spacial score (nSPS) is 16.7. The summed E-state index contributed by atoms with van der Waals surface area (Å²) in [4.78, 5) is 18.4. The van der Waals surface area contributed by atoms with Gasteiger partial charge in [0.1, 0.15) is 5.69 Å². The van der Waals surface area contributed by atoms with Crippen LogP contribution in [0.2, 0.25) is 0 Å². The number of hydrazine groups is 1. The lowest BCUT2D eigenvalue weighted by molar-refractivity contribution is 0.0662. The number of pyridine rings is 1. The van der Waals surface area contributed by atoms with Gasteiger partial charge in [0.15, 0.2) is 0 Å². The number of nitrogens with two attached hydrogens (primary N) is 1. The van der Waals surface area contributed by atoms with Crippen LogP contribution in [0.5, 0.6) is 0 Å². The molecule has 104 valence electrons. The largest absolute Gasteiger partial charge is 0.337 e. The highest BCUT2D eigenvalue weighted by Gasteiger charge is 2.25. The molecule has 0 saturated carbocycles. The number of rotatable bonds is 3. The maximum Gasteiger partial charge on any atom is 0.272 e. The molecule has 1 aliphatic rings. The van der Waals surface area contributed by atoms with E-state index in [9.17, 15) is 4.79 Å². The smallest absolute Gasteiger partial charge is 0.272 e. The monoisotopic (exact) mass is 262 g/mol.